The van der Waals surface area contributed by atoms with E-state index in [9.17, 15) is 14.9 Å². The Morgan fingerprint density at radius 1 is 1.18 bits per heavy atom. The highest BCUT2D eigenvalue weighted by Gasteiger charge is 2.19. The molecule has 0 spiro atoms. The van der Waals surface area contributed by atoms with Crippen molar-refractivity contribution in [2.75, 3.05) is 20.8 Å². The molecule has 0 radical (unpaired) electrons. The van der Waals surface area contributed by atoms with Crippen LogP contribution in [-0.2, 0) is 6.54 Å². The molecule has 2 rings (SSSR count). The fourth-order valence-corrected chi connectivity index (χ4v) is 2.69. The number of ether oxygens (including phenoxy) is 2. The van der Waals surface area contributed by atoms with Crippen molar-refractivity contribution in [1.82, 2.24) is 4.90 Å². The molecule has 0 atom stereocenters. The third-order valence-electron chi connectivity index (χ3n) is 4.31. The van der Waals surface area contributed by atoms with Crippen LogP contribution in [0.15, 0.2) is 42.5 Å². The van der Waals surface area contributed by atoms with E-state index in [1.54, 1.807) is 43.4 Å². The van der Waals surface area contributed by atoms with Crippen LogP contribution in [0.1, 0.15) is 36.2 Å². The molecular formula is C21H26N2O5. The number of nitro benzene ring substituents is 1. The zero-order valence-electron chi connectivity index (χ0n) is 16.7. The third kappa shape index (κ3) is 5.45. The Bertz CT molecular complexity index is 835. The van der Waals surface area contributed by atoms with Gasteiger partial charge in [0.15, 0.2) is 11.5 Å². The lowest BCUT2D eigenvalue weighted by Gasteiger charge is -2.18. The molecule has 0 aliphatic rings. The van der Waals surface area contributed by atoms with Gasteiger partial charge in [-0.1, -0.05) is 32.0 Å². The Balaban J connectivity index is 2.14. The number of benzene rings is 2. The summed E-state index contributed by atoms with van der Waals surface area (Å²) < 4.78 is 11.1. The second kappa shape index (κ2) is 9.73. The number of hydrogen-bond acceptors (Lipinski definition) is 5. The number of carbonyl (C=O) groups is 1. The molecule has 0 unspecified atom stereocenters. The standard InChI is InChI=1S/C21H26N2O5/c1-15(2)11-12-28-19-10-9-16(13-20(19)27-4)21(24)22(3)14-17-7-5-6-8-18(17)23(25)26/h5-10,13,15H,11-12,14H2,1-4H3. The van der Waals surface area contributed by atoms with Gasteiger partial charge in [-0.2, -0.15) is 0 Å². The Kier molecular flexibility index (Phi) is 7.37. The molecular weight excluding hydrogens is 360 g/mol. The van der Waals surface area contributed by atoms with Crippen molar-refractivity contribution in [1.29, 1.82) is 0 Å². The van der Waals surface area contributed by atoms with Gasteiger partial charge in [-0.05, 0) is 30.5 Å². The summed E-state index contributed by atoms with van der Waals surface area (Å²) in [5.74, 6) is 1.34. The fourth-order valence-electron chi connectivity index (χ4n) is 2.69. The first-order valence-electron chi connectivity index (χ1n) is 9.12. The number of methoxy groups -OCH3 is 1. The van der Waals surface area contributed by atoms with E-state index in [1.807, 2.05) is 0 Å². The summed E-state index contributed by atoms with van der Waals surface area (Å²) in [4.78, 5) is 24.9. The van der Waals surface area contributed by atoms with Crippen LogP contribution in [0.5, 0.6) is 11.5 Å². The zero-order valence-corrected chi connectivity index (χ0v) is 16.7. The van der Waals surface area contributed by atoms with Gasteiger partial charge >= 0.3 is 0 Å². The molecule has 7 heteroatoms. The molecule has 7 nitrogen and oxygen atoms in total. The monoisotopic (exact) mass is 386 g/mol. The second-order valence-electron chi connectivity index (χ2n) is 6.94. The third-order valence-corrected chi connectivity index (χ3v) is 4.31. The van der Waals surface area contributed by atoms with Gasteiger partial charge in [0.1, 0.15) is 0 Å². The number of hydrogen-bond donors (Lipinski definition) is 0. The van der Waals surface area contributed by atoms with Crippen LogP contribution in [0.25, 0.3) is 0 Å². The van der Waals surface area contributed by atoms with Crippen molar-refractivity contribution in [2.24, 2.45) is 5.92 Å². The normalized spacial score (nSPS) is 10.6. The first-order valence-corrected chi connectivity index (χ1v) is 9.12. The van der Waals surface area contributed by atoms with E-state index in [1.165, 1.54) is 18.1 Å². The van der Waals surface area contributed by atoms with E-state index >= 15 is 0 Å². The maximum absolute atomic E-state index is 12.8. The van der Waals surface area contributed by atoms with Crippen LogP contribution in [0.2, 0.25) is 0 Å². The van der Waals surface area contributed by atoms with E-state index < -0.39 is 4.92 Å². The van der Waals surface area contributed by atoms with Crippen LogP contribution >= 0.6 is 0 Å². The van der Waals surface area contributed by atoms with Gasteiger partial charge in [0.25, 0.3) is 11.6 Å². The zero-order chi connectivity index (χ0) is 20.7. The summed E-state index contributed by atoms with van der Waals surface area (Å²) in [7, 11) is 3.13. The van der Waals surface area contributed by atoms with Crippen LogP contribution in [-0.4, -0.2) is 36.5 Å². The molecule has 0 aromatic heterocycles. The minimum Gasteiger partial charge on any atom is -0.493 e. The molecule has 0 bridgehead atoms. The highest BCUT2D eigenvalue weighted by atomic mass is 16.6. The first-order chi connectivity index (χ1) is 13.3. The molecule has 0 heterocycles. The minimum absolute atomic E-state index is 0.00590. The van der Waals surface area contributed by atoms with Gasteiger partial charge in [-0.25, -0.2) is 0 Å². The molecule has 2 aromatic rings. The molecule has 0 aliphatic carbocycles. The maximum Gasteiger partial charge on any atom is 0.274 e. The van der Waals surface area contributed by atoms with Gasteiger partial charge in [-0.3, -0.25) is 14.9 Å². The van der Waals surface area contributed by atoms with Crippen molar-refractivity contribution < 1.29 is 19.2 Å². The Morgan fingerprint density at radius 3 is 2.54 bits per heavy atom. The summed E-state index contributed by atoms with van der Waals surface area (Å²) in [5.41, 5.74) is 0.895. The van der Waals surface area contributed by atoms with Gasteiger partial charge in [-0.15, -0.1) is 0 Å². The van der Waals surface area contributed by atoms with Gasteiger partial charge in [0, 0.05) is 24.2 Å². The van der Waals surface area contributed by atoms with E-state index in [-0.39, 0.29) is 18.1 Å². The fraction of sp³-hybridized carbons (Fsp3) is 0.381. The topological polar surface area (TPSA) is 81.9 Å². The summed E-state index contributed by atoms with van der Waals surface area (Å²) in [6, 6.07) is 11.4. The number of para-hydroxylation sites is 1. The number of amides is 1. The minimum atomic E-state index is -0.444. The van der Waals surface area contributed by atoms with E-state index in [4.69, 9.17) is 9.47 Å². The Morgan fingerprint density at radius 2 is 1.89 bits per heavy atom. The Hall–Kier alpha value is -3.09. The maximum atomic E-state index is 12.8. The van der Waals surface area contributed by atoms with Crippen molar-refractivity contribution in [3.8, 4) is 11.5 Å². The van der Waals surface area contributed by atoms with Crippen LogP contribution in [0.3, 0.4) is 0 Å². The molecule has 0 N–H and O–H groups in total. The lowest BCUT2D eigenvalue weighted by Crippen LogP contribution is -2.26. The lowest BCUT2D eigenvalue weighted by molar-refractivity contribution is -0.385. The summed E-state index contributed by atoms with van der Waals surface area (Å²) >= 11 is 0. The molecule has 0 fully saturated rings. The number of nitrogens with zero attached hydrogens (tertiary/aromatic N) is 2. The van der Waals surface area contributed by atoms with Crippen molar-refractivity contribution in [3.63, 3.8) is 0 Å². The van der Waals surface area contributed by atoms with Gasteiger partial charge < -0.3 is 14.4 Å². The number of rotatable bonds is 9. The van der Waals surface area contributed by atoms with Gasteiger partial charge in [0.2, 0.25) is 0 Å². The molecule has 150 valence electrons. The first kappa shape index (κ1) is 21.2. The van der Waals surface area contributed by atoms with Crippen molar-refractivity contribution >= 4 is 11.6 Å². The van der Waals surface area contributed by atoms with Crippen LogP contribution in [0.4, 0.5) is 5.69 Å². The van der Waals surface area contributed by atoms with Crippen molar-refractivity contribution in [2.45, 2.75) is 26.8 Å². The van der Waals surface area contributed by atoms with Crippen LogP contribution in [0, 0.1) is 16.0 Å². The lowest BCUT2D eigenvalue weighted by atomic mass is 10.1. The summed E-state index contributed by atoms with van der Waals surface area (Å²) in [6.07, 6.45) is 0.919. The molecule has 28 heavy (non-hydrogen) atoms. The predicted octanol–water partition coefficient (Wildman–Crippen LogP) is 4.30. The quantitative estimate of drug-likeness (QED) is 0.474. The molecule has 0 aliphatic heterocycles. The number of carbonyl (C=O) groups excluding carboxylic acids is 1. The van der Waals surface area contributed by atoms with E-state index in [2.05, 4.69) is 13.8 Å². The highest BCUT2D eigenvalue weighted by molar-refractivity contribution is 5.94. The molecule has 2 aromatic carbocycles. The molecule has 0 saturated heterocycles. The smallest absolute Gasteiger partial charge is 0.274 e. The summed E-state index contributed by atoms with van der Waals surface area (Å²) in [5, 5.41) is 11.2. The SMILES string of the molecule is COc1cc(C(=O)N(C)Cc2ccccc2[N+](=O)[O-])ccc1OCCC(C)C. The van der Waals surface area contributed by atoms with Gasteiger partial charge in [0.05, 0.1) is 25.2 Å². The average molecular weight is 386 g/mol. The Labute approximate surface area is 165 Å². The summed E-state index contributed by atoms with van der Waals surface area (Å²) in [6.45, 7) is 4.94. The predicted molar refractivity (Wildman–Crippen MR) is 107 cm³/mol. The molecule has 0 saturated carbocycles. The van der Waals surface area contributed by atoms with E-state index in [0.717, 1.165) is 6.42 Å². The van der Waals surface area contributed by atoms with Crippen molar-refractivity contribution in [3.05, 3.63) is 63.7 Å². The average Bonchev–Trinajstić information content (AvgIpc) is 2.67. The highest BCUT2D eigenvalue weighted by Crippen LogP contribution is 2.29. The van der Waals surface area contributed by atoms with E-state index in [0.29, 0.717) is 35.2 Å². The number of nitro groups is 1. The second-order valence-corrected chi connectivity index (χ2v) is 6.94. The largest absolute Gasteiger partial charge is 0.493 e. The molecule has 1 amide bonds. The van der Waals surface area contributed by atoms with Crippen LogP contribution < -0.4 is 9.47 Å².